The lowest BCUT2D eigenvalue weighted by atomic mass is 10.00. The van der Waals surface area contributed by atoms with Crippen LogP contribution in [0, 0.1) is 31.5 Å². The molecule has 5 rings (SSSR count). The number of hydrogen-bond donors (Lipinski definition) is 0. The molecule has 2 atom stereocenters. The highest BCUT2D eigenvalue weighted by atomic mass is 19.1. The van der Waals surface area contributed by atoms with Crippen LogP contribution in [0.25, 0.3) is 22.4 Å². The van der Waals surface area contributed by atoms with Gasteiger partial charge in [0.05, 0.1) is 5.56 Å². The fourth-order valence-electron chi connectivity index (χ4n) is 5.01. The van der Waals surface area contributed by atoms with E-state index in [4.69, 9.17) is 9.51 Å². The van der Waals surface area contributed by atoms with Gasteiger partial charge in [0, 0.05) is 18.5 Å². The van der Waals surface area contributed by atoms with Gasteiger partial charge >= 0.3 is 0 Å². The highest BCUT2D eigenvalue weighted by Gasteiger charge is 2.38. The van der Waals surface area contributed by atoms with E-state index < -0.39 is 0 Å². The predicted molar refractivity (Wildman–Crippen MR) is 107 cm³/mol. The van der Waals surface area contributed by atoms with E-state index in [0.29, 0.717) is 29.1 Å². The quantitative estimate of drug-likeness (QED) is 0.651. The molecule has 2 fully saturated rings. The lowest BCUT2D eigenvalue weighted by molar-refractivity contribution is 0.425. The molecule has 0 spiro atoms. The van der Waals surface area contributed by atoms with Gasteiger partial charge in [-0.15, -0.1) is 0 Å². The minimum atomic E-state index is -0.258. The summed E-state index contributed by atoms with van der Waals surface area (Å²) >= 11 is 0. The monoisotopic (exact) mass is 380 g/mol. The van der Waals surface area contributed by atoms with Gasteiger partial charge in [0.2, 0.25) is 0 Å². The number of aryl methyl sites for hydroxylation is 3. The second kappa shape index (κ2) is 6.54. The Morgan fingerprint density at radius 3 is 2.54 bits per heavy atom. The second-order valence-electron chi connectivity index (χ2n) is 8.27. The van der Waals surface area contributed by atoms with Gasteiger partial charge < -0.3 is 9.42 Å². The molecule has 1 aliphatic heterocycles. The molecule has 5 nitrogen and oxygen atoms in total. The summed E-state index contributed by atoms with van der Waals surface area (Å²) < 4.78 is 20.5. The van der Waals surface area contributed by atoms with Crippen LogP contribution in [-0.4, -0.2) is 28.2 Å². The third-order valence-corrected chi connectivity index (χ3v) is 6.52. The van der Waals surface area contributed by atoms with Crippen LogP contribution in [0.1, 0.15) is 43.1 Å². The van der Waals surface area contributed by atoms with Crippen molar-refractivity contribution in [1.29, 1.82) is 0 Å². The molecule has 28 heavy (non-hydrogen) atoms. The van der Waals surface area contributed by atoms with Crippen LogP contribution in [0.15, 0.2) is 16.7 Å². The molecular formula is C22H25FN4O. The maximum atomic E-state index is 14.9. The summed E-state index contributed by atoms with van der Waals surface area (Å²) in [5, 5.41) is 4.81. The highest BCUT2D eigenvalue weighted by molar-refractivity contribution is 5.93. The van der Waals surface area contributed by atoms with Gasteiger partial charge in [-0.25, -0.2) is 9.37 Å². The highest BCUT2D eigenvalue weighted by Crippen LogP contribution is 2.43. The number of nitrogens with zero attached hydrogens (tertiary/aromatic N) is 4. The summed E-state index contributed by atoms with van der Waals surface area (Å²) in [4.78, 5) is 11.6. The van der Waals surface area contributed by atoms with Gasteiger partial charge in [0.1, 0.15) is 17.2 Å². The number of fused-ring (bicyclic) bond motifs is 2. The molecule has 2 aromatic heterocycles. The molecule has 1 aliphatic carbocycles. The molecule has 1 aromatic carbocycles. The number of halogens is 1. The van der Waals surface area contributed by atoms with Crippen LogP contribution >= 0.6 is 0 Å². The smallest absolute Gasteiger partial charge is 0.261 e. The summed E-state index contributed by atoms with van der Waals surface area (Å²) in [6.07, 6.45) is 4.64. The maximum Gasteiger partial charge on any atom is 0.261 e. The van der Waals surface area contributed by atoms with Crippen LogP contribution in [-0.2, 0) is 6.42 Å². The minimum absolute atomic E-state index is 0.258. The maximum absolute atomic E-state index is 14.9. The van der Waals surface area contributed by atoms with Gasteiger partial charge in [-0.3, -0.25) is 0 Å². The topological polar surface area (TPSA) is 55.1 Å². The summed E-state index contributed by atoms with van der Waals surface area (Å²) in [6.45, 7) is 7.79. The van der Waals surface area contributed by atoms with E-state index in [1.165, 1.54) is 19.3 Å². The number of anilines is 1. The third kappa shape index (κ3) is 2.69. The molecule has 2 unspecified atom stereocenters. The molecule has 2 aliphatic rings. The van der Waals surface area contributed by atoms with Crippen LogP contribution in [0.3, 0.4) is 0 Å². The molecular weight excluding hydrogens is 355 g/mol. The van der Waals surface area contributed by atoms with E-state index >= 15 is 0 Å². The van der Waals surface area contributed by atoms with Gasteiger partial charge in [-0.05, 0) is 68.2 Å². The van der Waals surface area contributed by atoms with Gasteiger partial charge in [-0.2, -0.15) is 4.98 Å². The third-order valence-electron chi connectivity index (χ3n) is 6.52. The van der Waals surface area contributed by atoms with Gasteiger partial charge in [0.25, 0.3) is 5.89 Å². The van der Waals surface area contributed by atoms with Crippen LogP contribution in [0.2, 0.25) is 0 Å². The van der Waals surface area contributed by atoms with Gasteiger partial charge in [-0.1, -0.05) is 18.5 Å². The summed E-state index contributed by atoms with van der Waals surface area (Å²) in [5.41, 5.74) is 3.20. The van der Waals surface area contributed by atoms with Crippen LogP contribution < -0.4 is 4.90 Å². The van der Waals surface area contributed by atoms with Crippen molar-refractivity contribution in [3.05, 3.63) is 34.9 Å². The fraction of sp³-hybridized carbons (Fsp3) is 0.500. The summed E-state index contributed by atoms with van der Waals surface area (Å²) in [5.74, 6) is 3.01. The number of rotatable bonds is 3. The minimum Gasteiger partial charge on any atom is -0.355 e. The first kappa shape index (κ1) is 17.6. The average Bonchev–Trinajstić information content (AvgIpc) is 3.38. The van der Waals surface area contributed by atoms with Crippen molar-refractivity contribution in [2.45, 2.75) is 46.5 Å². The molecule has 0 amide bonds. The number of hydrogen-bond acceptors (Lipinski definition) is 5. The molecule has 6 heteroatoms. The standard InChI is InChI=1S/C22H25FN4O/c1-4-14-8-17-12(2)19(22-24-13(3)26-28-22)21(25-20(17)18(23)9-14)27-10-15-6-5-7-16(15)11-27/h8-9,15-16H,4-7,10-11H2,1-3H3. The largest absolute Gasteiger partial charge is 0.355 e. The van der Waals surface area contributed by atoms with E-state index in [1.54, 1.807) is 6.07 Å². The summed E-state index contributed by atoms with van der Waals surface area (Å²) in [7, 11) is 0. The average molecular weight is 380 g/mol. The van der Waals surface area contributed by atoms with Crippen molar-refractivity contribution in [2.75, 3.05) is 18.0 Å². The van der Waals surface area contributed by atoms with Crippen molar-refractivity contribution in [3.63, 3.8) is 0 Å². The first-order valence-corrected chi connectivity index (χ1v) is 10.2. The van der Waals surface area contributed by atoms with Crippen molar-refractivity contribution >= 4 is 16.7 Å². The summed E-state index contributed by atoms with van der Waals surface area (Å²) in [6, 6.07) is 3.64. The zero-order valence-corrected chi connectivity index (χ0v) is 16.6. The van der Waals surface area contributed by atoms with Gasteiger partial charge in [0.15, 0.2) is 5.82 Å². The lowest BCUT2D eigenvalue weighted by Gasteiger charge is -2.23. The molecule has 1 saturated heterocycles. The molecule has 3 aromatic rings. The normalized spacial score (nSPS) is 21.6. The first-order chi connectivity index (χ1) is 13.5. The van der Waals surface area contributed by atoms with Crippen LogP contribution in [0.4, 0.5) is 10.2 Å². The Morgan fingerprint density at radius 1 is 1.14 bits per heavy atom. The molecule has 3 heterocycles. The van der Waals surface area contributed by atoms with E-state index in [2.05, 4.69) is 15.0 Å². The number of aromatic nitrogens is 3. The zero-order valence-electron chi connectivity index (χ0n) is 16.6. The van der Waals surface area contributed by atoms with Crippen molar-refractivity contribution in [2.24, 2.45) is 11.8 Å². The molecule has 1 saturated carbocycles. The molecule has 0 radical (unpaired) electrons. The zero-order chi connectivity index (χ0) is 19.4. The Hall–Kier alpha value is -2.50. The Morgan fingerprint density at radius 2 is 1.89 bits per heavy atom. The van der Waals surface area contributed by atoms with E-state index in [0.717, 1.165) is 47.4 Å². The number of benzene rings is 1. The fourth-order valence-corrected chi connectivity index (χ4v) is 5.01. The van der Waals surface area contributed by atoms with Crippen LogP contribution in [0.5, 0.6) is 0 Å². The van der Waals surface area contributed by atoms with Crippen molar-refractivity contribution in [1.82, 2.24) is 15.1 Å². The first-order valence-electron chi connectivity index (χ1n) is 10.2. The van der Waals surface area contributed by atoms with E-state index in [-0.39, 0.29) is 5.82 Å². The Balaban J connectivity index is 1.74. The van der Waals surface area contributed by atoms with E-state index in [1.807, 2.05) is 26.8 Å². The van der Waals surface area contributed by atoms with Crippen molar-refractivity contribution in [3.8, 4) is 11.5 Å². The van der Waals surface area contributed by atoms with Crippen molar-refractivity contribution < 1.29 is 8.91 Å². The molecule has 146 valence electrons. The Kier molecular flexibility index (Phi) is 4.11. The lowest BCUT2D eigenvalue weighted by Crippen LogP contribution is -2.23. The SMILES string of the molecule is CCc1cc(F)c2nc(N3CC4CCCC4C3)c(-c3nc(C)no3)c(C)c2c1. The molecule has 0 N–H and O–H groups in total. The molecule has 0 bridgehead atoms. The second-order valence-corrected chi connectivity index (χ2v) is 8.27. The Bertz CT molecular complexity index is 1050. The predicted octanol–water partition coefficient (Wildman–Crippen LogP) is 4.84. The van der Waals surface area contributed by atoms with E-state index in [9.17, 15) is 4.39 Å². The Labute approximate surface area is 164 Å². The number of pyridine rings is 1.